The molecule has 0 aromatic carbocycles. The molecule has 2 saturated heterocycles. The van der Waals surface area contributed by atoms with Gasteiger partial charge in [0, 0.05) is 43.7 Å². The summed E-state index contributed by atoms with van der Waals surface area (Å²) in [6.07, 6.45) is 0. The van der Waals surface area contributed by atoms with Crippen molar-refractivity contribution in [3.05, 3.63) is 11.8 Å². The molecule has 0 saturated carbocycles. The number of anilines is 2. The van der Waals surface area contributed by atoms with E-state index < -0.39 is 0 Å². The normalized spacial score (nSPS) is 20.3. The summed E-state index contributed by atoms with van der Waals surface area (Å²) in [6, 6.07) is 3.06. The summed E-state index contributed by atoms with van der Waals surface area (Å²) in [7, 11) is 0. The minimum atomic E-state index is 0.00396. The third-order valence-electron chi connectivity index (χ3n) is 4.80. The molecule has 6 nitrogen and oxygen atoms in total. The molecule has 6 heteroatoms. The highest BCUT2D eigenvalue weighted by atomic mass is 16.5. The van der Waals surface area contributed by atoms with Crippen molar-refractivity contribution < 1.29 is 4.74 Å². The molecule has 2 aliphatic heterocycles. The van der Waals surface area contributed by atoms with E-state index in [1.807, 2.05) is 0 Å². The quantitative estimate of drug-likeness (QED) is 0.911. The van der Waals surface area contributed by atoms with Crippen LogP contribution in [0.1, 0.15) is 40.3 Å². The van der Waals surface area contributed by atoms with E-state index >= 15 is 0 Å². The lowest BCUT2D eigenvalue weighted by molar-refractivity contribution is 0.0209. The van der Waals surface area contributed by atoms with Crippen LogP contribution in [-0.2, 0) is 10.2 Å². The van der Waals surface area contributed by atoms with Gasteiger partial charge < -0.3 is 15.0 Å². The third-order valence-corrected chi connectivity index (χ3v) is 4.80. The number of ether oxygens (including phenoxy) is 1. The van der Waals surface area contributed by atoms with Gasteiger partial charge in [-0.15, -0.1) is 0 Å². The fraction of sp³-hybridized carbons (Fsp3) is 0.778. The molecule has 0 bridgehead atoms. The zero-order chi connectivity index (χ0) is 17.3. The number of nitrogens with zero attached hydrogens (tertiary/aromatic N) is 4. The highest BCUT2D eigenvalue weighted by Crippen LogP contribution is 2.26. The summed E-state index contributed by atoms with van der Waals surface area (Å²) in [6.45, 7) is 16.7. The van der Waals surface area contributed by atoms with Crippen LogP contribution in [0, 0.1) is 0 Å². The van der Waals surface area contributed by atoms with Gasteiger partial charge in [0.25, 0.3) is 0 Å². The van der Waals surface area contributed by atoms with E-state index in [2.05, 4.69) is 55.8 Å². The number of nitrogens with one attached hydrogen (secondary N) is 1. The van der Waals surface area contributed by atoms with Crippen LogP contribution in [0.2, 0.25) is 0 Å². The smallest absolute Gasteiger partial charge is 0.227 e. The summed E-state index contributed by atoms with van der Waals surface area (Å²) in [5, 5.41) is 3.48. The van der Waals surface area contributed by atoms with Gasteiger partial charge in [-0.2, -0.15) is 4.98 Å². The van der Waals surface area contributed by atoms with Gasteiger partial charge in [-0.05, 0) is 13.8 Å². The fourth-order valence-electron chi connectivity index (χ4n) is 3.00. The number of rotatable bonds is 4. The highest BCUT2D eigenvalue weighted by molar-refractivity contribution is 5.46. The lowest BCUT2D eigenvalue weighted by Gasteiger charge is -2.37. The van der Waals surface area contributed by atoms with Gasteiger partial charge in [-0.3, -0.25) is 4.90 Å². The Morgan fingerprint density at radius 3 is 2.29 bits per heavy atom. The van der Waals surface area contributed by atoms with Crippen molar-refractivity contribution in [3.63, 3.8) is 0 Å². The van der Waals surface area contributed by atoms with Crippen molar-refractivity contribution >= 4 is 11.8 Å². The van der Waals surface area contributed by atoms with Gasteiger partial charge in [0.05, 0.1) is 24.9 Å². The molecule has 0 spiro atoms. The van der Waals surface area contributed by atoms with E-state index in [1.165, 1.54) is 0 Å². The second-order valence-corrected chi connectivity index (χ2v) is 8.18. The van der Waals surface area contributed by atoms with E-state index in [9.17, 15) is 0 Å². The van der Waals surface area contributed by atoms with Crippen molar-refractivity contribution in [2.45, 2.75) is 52.1 Å². The molecule has 0 unspecified atom stereocenters. The Hall–Kier alpha value is -1.40. The average Bonchev–Trinajstić information content (AvgIpc) is 2.50. The second-order valence-electron chi connectivity index (χ2n) is 8.18. The van der Waals surface area contributed by atoms with E-state index in [4.69, 9.17) is 14.7 Å². The molecule has 0 atom stereocenters. The molecule has 24 heavy (non-hydrogen) atoms. The largest absolute Gasteiger partial charge is 0.377 e. The third kappa shape index (κ3) is 3.98. The fourth-order valence-corrected chi connectivity index (χ4v) is 3.00. The Morgan fingerprint density at radius 2 is 1.79 bits per heavy atom. The maximum Gasteiger partial charge on any atom is 0.227 e. The summed E-state index contributed by atoms with van der Waals surface area (Å²) < 4.78 is 5.26. The van der Waals surface area contributed by atoms with Crippen LogP contribution in [0.5, 0.6) is 0 Å². The first-order valence-corrected chi connectivity index (χ1v) is 9.06. The Balaban J connectivity index is 1.79. The molecule has 2 aliphatic rings. The first kappa shape index (κ1) is 17.4. The van der Waals surface area contributed by atoms with Crippen molar-refractivity contribution in [2.75, 3.05) is 49.6 Å². The van der Waals surface area contributed by atoms with Gasteiger partial charge in [-0.1, -0.05) is 20.8 Å². The minimum absolute atomic E-state index is 0.00396. The second kappa shape index (κ2) is 6.84. The zero-order valence-corrected chi connectivity index (χ0v) is 15.7. The van der Waals surface area contributed by atoms with Crippen LogP contribution < -0.4 is 10.2 Å². The van der Waals surface area contributed by atoms with Crippen molar-refractivity contribution in [1.29, 1.82) is 0 Å². The van der Waals surface area contributed by atoms with Crippen molar-refractivity contribution in [3.8, 4) is 0 Å². The predicted molar refractivity (Wildman–Crippen MR) is 97.9 cm³/mol. The molecule has 1 aromatic heterocycles. The van der Waals surface area contributed by atoms with E-state index in [0.29, 0.717) is 12.1 Å². The van der Waals surface area contributed by atoms with Gasteiger partial charge in [-0.25, -0.2) is 4.98 Å². The number of aromatic nitrogens is 2. The monoisotopic (exact) mass is 333 g/mol. The average molecular weight is 333 g/mol. The SMILES string of the molecule is CC(C)N1CCN(c2nc(NC3COC3)cc(C(C)(C)C)n2)CC1. The molecule has 0 aliphatic carbocycles. The molecule has 1 aromatic rings. The number of hydrogen-bond donors (Lipinski definition) is 1. The molecule has 1 N–H and O–H groups in total. The number of hydrogen-bond acceptors (Lipinski definition) is 6. The van der Waals surface area contributed by atoms with Crippen LogP contribution in [0.25, 0.3) is 0 Å². The van der Waals surface area contributed by atoms with Gasteiger partial charge in [0.1, 0.15) is 5.82 Å². The van der Waals surface area contributed by atoms with Gasteiger partial charge in [0.2, 0.25) is 5.95 Å². The maximum atomic E-state index is 5.26. The van der Waals surface area contributed by atoms with Crippen LogP contribution in [-0.4, -0.2) is 66.3 Å². The topological polar surface area (TPSA) is 53.5 Å². The molecule has 3 heterocycles. The first-order chi connectivity index (χ1) is 11.3. The minimum Gasteiger partial charge on any atom is -0.377 e. The predicted octanol–water partition coefficient (Wildman–Crippen LogP) is 2.12. The highest BCUT2D eigenvalue weighted by Gasteiger charge is 2.25. The van der Waals surface area contributed by atoms with Crippen LogP contribution >= 0.6 is 0 Å². The summed E-state index contributed by atoms with van der Waals surface area (Å²) in [4.78, 5) is 14.5. The van der Waals surface area contributed by atoms with Crippen molar-refractivity contribution in [1.82, 2.24) is 14.9 Å². The molecular weight excluding hydrogens is 302 g/mol. The standard InChI is InChI=1S/C18H31N5O/c1-13(2)22-6-8-23(9-7-22)17-20-15(18(3,4)5)10-16(21-17)19-14-11-24-12-14/h10,13-14H,6-9,11-12H2,1-5H3,(H,19,20,21). The van der Waals surface area contributed by atoms with E-state index in [0.717, 1.165) is 56.9 Å². The van der Waals surface area contributed by atoms with Gasteiger partial charge >= 0.3 is 0 Å². The van der Waals surface area contributed by atoms with Crippen LogP contribution in [0.15, 0.2) is 6.07 Å². The maximum absolute atomic E-state index is 5.26. The first-order valence-electron chi connectivity index (χ1n) is 9.06. The molecule has 134 valence electrons. The summed E-state index contributed by atoms with van der Waals surface area (Å²) in [5.41, 5.74) is 1.09. The van der Waals surface area contributed by atoms with Crippen LogP contribution in [0.4, 0.5) is 11.8 Å². The Bertz CT molecular complexity index is 557. The van der Waals surface area contributed by atoms with E-state index in [1.54, 1.807) is 0 Å². The Kier molecular flexibility index (Phi) is 4.97. The zero-order valence-electron chi connectivity index (χ0n) is 15.7. The molecule has 0 amide bonds. The number of piperazine rings is 1. The Morgan fingerprint density at radius 1 is 1.12 bits per heavy atom. The Labute approximate surface area is 145 Å². The lowest BCUT2D eigenvalue weighted by Crippen LogP contribution is -2.49. The molecule has 2 fully saturated rings. The lowest BCUT2D eigenvalue weighted by atomic mass is 9.92. The summed E-state index contributed by atoms with van der Waals surface area (Å²) in [5.74, 6) is 1.78. The summed E-state index contributed by atoms with van der Waals surface area (Å²) >= 11 is 0. The molecular formula is C18H31N5O. The molecule has 3 rings (SSSR count). The van der Waals surface area contributed by atoms with Crippen LogP contribution in [0.3, 0.4) is 0 Å². The van der Waals surface area contributed by atoms with Gasteiger partial charge in [0.15, 0.2) is 0 Å². The molecule has 0 radical (unpaired) electrons. The van der Waals surface area contributed by atoms with Crippen molar-refractivity contribution in [2.24, 2.45) is 0 Å². The van der Waals surface area contributed by atoms with E-state index in [-0.39, 0.29) is 5.41 Å².